The molecule has 0 aromatic carbocycles. The van der Waals surface area contributed by atoms with E-state index >= 15 is 0 Å². The number of hydrogen-bond acceptors (Lipinski definition) is 3. The second kappa shape index (κ2) is 6.02. The van der Waals surface area contributed by atoms with Crippen LogP contribution in [-0.2, 0) is 4.79 Å². The summed E-state index contributed by atoms with van der Waals surface area (Å²) in [5.41, 5.74) is 0. The van der Waals surface area contributed by atoms with Gasteiger partial charge < -0.3 is 5.32 Å². The first-order valence-corrected chi connectivity index (χ1v) is 7.30. The molecule has 0 fully saturated rings. The number of nitrogens with zero attached hydrogens (tertiary/aromatic N) is 2. The van der Waals surface area contributed by atoms with Crippen molar-refractivity contribution in [2.45, 2.75) is 32.9 Å². The summed E-state index contributed by atoms with van der Waals surface area (Å²) in [6.45, 7) is 6.08. The molecule has 2 heterocycles. The molecule has 1 amide bonds. The molecule has 0 bridgehead atoms. The van der Waals surface area contributed by atoms with E-state index in [4.69, 9.17) is 0 Å². The summed E-state index contributed by atoms with van der Waals surface area (Å²) >= 11 is 1.67. The Balaban J connectivity index is 2.08. The maximum absolute atomic E-state index is 12.3. The van der Waals surface area contributed by atoms with Gasteiger partial charge in [-0.15, -0.1) is 11.3 Å². The predicted molar refractivity (Wildman–Crippen MR) is 77.0 cm³/mol. The number of carbonyl (C=O) groups excluding carboxylic acids is 1. The predicted octanol–water partition coefficient (Wildman–Crippen LogP) is 3.02. The van der Waals surface area contributed by atoms with Gasteiger partial charge in [0.2, 0.25) is 5.91 Å². The van der Waals surface area contributed by atoms with E-state index in [2.05, 4.69) is 30.3 Å². The molecule has 19 heavy (non-hydrogen) atoms. The summed E-state index contributed by atoms with van der Waals surface area (Å²) in [6.07, 6.45) is 3.49. The van der Waals surface area contributed by atoms with Crippen LogP contribution in [0.25, 0.3) is 0 Å². The first kappa shape index (κ1) is 13.8. The highest BCUT2D eigenvalue weighted by molar-refractivity contribution is 7.10. The second-order valence-electron chi connectivity index (χ2n) is 4.91. The Morgan fingerprint density at radius 1 is 1.37 bits per heavy atom. The van der Waals surface area contributed by atoms with E-state index in [1.54, 1.807) is 28.4 Å². The Bertz CT molecular complexity index is 505. The van der Waals surface area contributed by atoms with Gasteiger partial charge in [-0.25, -0.2) is 0 Å². The van der Waals surface area contributed by atoms with Gasteiger partial charge in [0, 0.05) is 17.3 Å². The minimum atomic E-state index is -0.295. The molecule has 0 unspecified atom stereocenters. The highest BCUT2D eigenvalue weighted by atomic mass is 32.1. The lowest BCUT2D eigenvalue weighted by Gasteiger charge is -2.23. The van der Waals surface area contributed by atoms with Crippen molar-refractivity contribution in [3.63, 3.8) is 0 Å². The molecular formula is C14H19N3OS. The first-order valence-electron chi connectivity index (χ1n) is 6.42. The lowest BCUT2D eigenvalue weighted by Crippen LogP contribution is -2.36. The standard InChI is InChI=1S/C14H19N3OS/c1-10(2)13(12-6-4-9-19-12)16-14(18)11(3)17-8-5-7-15-17/h4-11,13H,1-3H3,(H,16,18)/t11-,13-/m0/s1. The number of rotatable bonds is 5. The Morgan fingerprint density at radius 3 is 2.68 bits per heavy atom. The maximum Gasteiger partial charge on any atom is 0.245 e. The number of amides is 1. The number of aromatic nitrogens is 2. The summed E-state index contributed by atoms with van der Waals surface area (Å²) in [4.78, 5) is 13.5. The molecule has 0 saturated heterocycles. The van der Waals surface area contributed by atoms with Crippen LogP contribution in [0.3, 0.4) is 0 Å². The third kappa shape index (κ3) is 3.23. The highest BCUT2D eigenvalue weighted by Crippen LogP contribution is 2.26. The van der Waals surface area contributed by atoms with Crippen molar-refractivity contribution in [3.8, 4) is 0 Å². The average molecular weight is 277 g/mol. The first-order chi connectivity index (χ1) is 9.09. The van der Waals surface area contributed by atoms with E-state index in [-0.39, 0.29) is 18.0 Å². The molecular weight excluding hydrogens is 258 g/mol. The molecule has 0 radical (unpaired) electrons. The molecule has 2 aromatic heterocycles. The van der Waals surface area contributed by atoms with Crippen molar-refractivity contribution in [1.29, 1.82) is 0 Å². The number of nitrogens with one attached hydrogen (secondary N) is 1. The topological polar surface area (TPSA) is 46.9 Å². The molecule has 1 N–H and O–H groups in total. The van der Waals surface area contributed by atoms with Gasteiger partial charge in [0.05, 0.1) is 6.04 Å². The van der Waals surface area contributed by atoms with Crippen molar-refractivity contribution >= 4 is 17.2 Å². The van der Waals surface area contributed by atoms with Gasteiger partial charge in [-0.05, 0) is 30.4 Å². The van der Waals surface area contributed by atoms with Crippen molar-refractivity contribution in [3.05, 3.63) is 40.8 Å². The third-order valence-electron chi connectivity index (χ3n) is 3.12. The van der Waals surface area contributed by atoms with Crippen molar-refractivity contribution in [2.24, 2.45) is 5.92 Å². The summed E-state index contributed by atoms with van der Waals surface area (Å²) in [7, 11) is 0. The van der Waals surface area contributed by atoms with Crippen molar-refractivity contribution in [2.75, 3.05) is 0 Å². The third-order valence-corrected chi connectivity index (χ3v) is 4.07. The SMILES string of the molecule is CC(C)[C@H](NC(=O)[C@H](C)n1cccn1)c1cccs1. The fourth-order valence-corrected chi connectivity index (χ4v) is 2.89. The molecule has 0 aliphatic rings. The Kier molecular flexibility index (Phi) is 4.37. The van der Waals surface area contributed by atoms with E-state index in [1.165, 1.54) is 4.88 Å². The molecule has 2 aromatic rings. The lowest BCUT2D eigenvalue weighted by atomic mass is 10.0. The van der Waals surface area contributed by atoms with E-state index in [0.717, 1.165) is 0 Å². The Labute approximate surface area is 117 Å². The zero-order chi connectivity index (χ0) is 13.8. The van der Waals surface area contributed by atoms with E-state index in [1.807, 2.05) is 24.4 Å². The molecule has 0 aliphatic heterocycles. The summed E-state index contributed by atoms with van der Waals surface area (Å²) in [5.74, 6) is 0.350. The van der Waals surface area contributed by atoms with Gasteiger partial charge in [-0.2, -0.15) is 5.10 Å². The van der Waals surface area contributed by atoms with Crippen molar-refractivity contribution in [1.82, 2.24) is 15.1 Å². The largest absolute Gasteiger partial charge is 0.346 e. The van der Waals surface area contributed by atoms with Gasteiger partial charge in [0.25, 0.3) is 0 Å². The molecule has 4 nitrogen and oxygen atoms in total. The van der Waals surface area contributed by atoms with Crippen LogP contribution < -0.4 is 5.32 Å². The quantitative estimate of drug-likeness (QED) is 0.913. The van der Waals surface area contributed by atoms with E-state index in [9.17, 15) is 4.79 Å². The minimum absolute atomic E-state index is 0.00389. The molecule has 2 rings (SSSR count). The van der Waals surface area contributed by atoms with Crippen LogP contribution in [0.5, 0.6) is 0 Å². The molecule has 102 valence electrons. The number of hydrogen-bond donors (Lipinski definition) is 1. The second-order valence-corrected chi connectivity index (χ2v) is 5.89. The van der Waals surface area contributed by atoms with Crippen LogP contribution in [0.4, 0.5) is 0 Å². The normalized spacial score (nSPS) is 14.3. The number of thiophene rings is 1. The monoisotopic (exact) mass is 277 g/mol. The zero-order valence-electron chi connectivity index (χ0n) is 11.4. The van der Waals surface area contributed by atoms with Crippen LogP contribution >= 0.6 is 11.3 Å². The fourth-order valence-electron chi connectivity index (χ4n) is 1.94. The van der Waals surface area contributed by atoms with Crippen LogP contribution in [-0.4, -0.2) is 15.7 Å². The minimum Gasteiger partial charge on any atom is -0.346 e. The Hall–Kier alpha value is -1.62. The average Bonchev–Trinajstić information content (AvgIpc) is 3.06. The lowest BCUT2D eigenvalue weighted by molar-refractivity contribution is -0.125. The molecule has 5 heteroatoms. The van der Waals surface area contributed by atoms with Gasteiger partial charge in [-0.1, -0.05) is 19.9 Å². The van der Waals surface area contributed by atoms with Gasteiger partial charge >= 0.3 is 0 Å². The van der Waals surface area contributed by atoms with Crippen molar-refractivity contribution < 1.29 is 4.79 Å². The van der Waals surface area contributed by atoms with Gasteiger partial charge in [-0.3, -0.25) is 9.48 Å². The zero-order valence-corrected chi connectivity index (χ0v) is 12.2. The summed E-state index contributed by atoms with van der Waals surface area (Å²) in [5, 5.41) is 9.26. The summed E-state index contributed by atoms with van der Waals surface area (Å²) in [6, 6.07) is 5.66. The van der Waals surface area contributed by atoms with E-state index < -0.39 is 0 Å². The van der Waals surface area contributed by atoms with Crippen LogP contribution in [0, 0.1) is 5.92 Å². The smallest absolute Gasteiger partial charge is 0.245 e. The van der Waals surface area contributed by atoms with Gasteiger partial charge in [0.15, 0.2) is 0 Å². The molecule has 2 atom stereocenters. The molecule has 0 aliphatic carbocycles. The van der Waals surface area contributed by atoms with Crippen LogP contribution in [0.2, 0.25) is 0 Å². The van der Waals surface area contributed by atoms with Crippen LogP contribution in [0.1, 0.15) is 37.7 Å². The molecule has 0 spiro atoms. The Morgan fingerprint density at radius 2 is 2.16 bits per heavy atom. The van der Waals surface area contributed by atoms with Gasteiger partial charge in [0.1, 0.15) is 6.04 Å². The maximum atomic E-state index is 12.3. The van der Waals surface area contributed by atoms with E-state index in [0.29, 0.717) is 5.92 Å². The van der Waals surface area contributed by atoms with Crippen LogP contribution in [0.15, 0.2) is 36.0 Å². The number of carbonyl (C=O) groups is 1. The fraction of sp³-hybridized carbons (Fsp3) is 0.429. The highest BCUT2D eigenvalue weighted by Gasteiger charge is 2.23. The summed E-state index contributed by atoms with van der Waals surface area (Å²) < 4.78 is 1.67. The molecule has 0 saturated carbocycles.